The lowest BCUT2D eigenvalue weighted by Gasteiger charge is -2.54. The Morgan fingerprint density at radius 2 is 1.95 bits per heavy atom. The summed E-state index contributed by atoms with van der Waals surface area (Å²) in [6, 6.07) is 21.9. The molecular weight excluding hydrogens is 490 g/mol. The number of imidazole rings is 1. The lowest BCUT2D eigenvalue weighted by molar-refractivity contribution is -0.0423. The summed E-state index contributed by atoms with van der Waals surface area (Å²) in [6.45, 7) is 4.36. The first-order chi connectivity index (χ1) is 17.7. The summed E-state index contributed by atoms with van der Waals surface area (Å²) in [4.78, 5) is 9.54. The van der Waals surface area contributed by atoms with Crippen LogP contribution in [0.25, 0.3) is 11.4 Å². The fourth-order valence-electron chi connectivity index (χ4n) is 5.66. The zero-order chi connectivity index (χ0) is 26.2. The summed E-state index contributed by atoms with van der Waals surface area (Å²) in [5.74, 6) is -0.574. The Kier molecular flexibility index (Phi) is 6.85. The number of halogens is 3. The smallest absolute Gasteiger partial charge is 0.137 e. The molecule has 1 aromatic heterocycles. The Balaban J connectivity index is 1.54. The topological polar surface area (TPSA) is 55.7 Å². The SMILES string of the molecule is CC(C)(F)[C@H](c1cc(F)cc(-c2ncc[nH]2)c1)[C@H]1CN(Cc2cccc(C#N)c2)[C@@H]1c1ccc(Cl)cc1. The lowest BCUT2D eigenvalue weighted by Crippen LogP contribution is -2.54. The average molecular weight is 517 g/mol. The minimum atomic E-state index is -1.61. The predicted octanol–water partition coefficient (Wildman–Crippen LogP) is 7.45. The van der Waals surface area contributed by atoms with E-state index in [0.29, 0.717) is 40.6 Å². The number of aromatic nitrogens is 2. The number of H-pyrrole nitrogens is 1. The summed E-state index contributed by atoms with van der Waals surface area (Å²) in [5, 5.41) is 9.94. The largest absolute Gasteiger partial charge is 0.345 e. The first kappa shape index (κ1) is 25.1. The molecule has 0 unspecified atom stereocenters. The molecule has 188 valence electrons. The van der Waals surface area contributed by atoms with E-state index in [1.54, 1.807) is 32.3 Å². The number of nitriles is 1. The maximum atomic E-state index is 16.0. The second kappa shape index (κ2) is 10.1. The predicted molar refractivity (Wildman–Crippen MR) is 141 cm³/mol. The highest BCUT2D eigenvalue weighted by atomic mass is 35.5. The van der Waals surface area contributed by atoms with E-state index < -0.39 is 17.4 Å². The van der Waals surface area contributed by atoms with Crippen molar-refractivity contribution in [3.8, 4) is 17.5 Å². The molecule has 3 aromatic carbocycles. The molecule has 37 heavy (non-hydrogen) atoms. The van der Waals surface area contributed by atoms with Gasteiger partial charge in [-0.3, -0.25) is 4.90 Å². The molecule has 1 aliphatic heterocycles. The molecule has 7 heteroatoms. The number of aromatic amines is 1. The molecule has 1 fully saturated rings. The highest BCUT2D eigenvalue weighted by Gasteiger charge is 2.50. The highest BCUT2D eigenvalue weighted by Crippen LogP contribution is 2.52. The number of nitrogens with zero attached hydrogens (tertiary/aromatic N) is 3. The van der Waals surface area contributed by atoms with E-state index in [4.69, 9.17) is 11.6 Å². The number of alkyl halides is 1. The second-order valence-corrected chi connectivity index (χ2v) is 10.6. The number of rotatable bonds is 7. The Bertz CT molecular complexity index is 1420. The van der Waals surface area contributed by atoms with Crippen LogP contribution in [0, 0.1) is 23.1 Å². The van der Waals surface area contributed by atoms with Gasteiger partial charge in [-0.2, -0.15) is 5.26 Å². The third-order valence-electron chi connectivity index (χ3n) is 7.12. The van der Waals surface area contributed by atoms with Gasteiger partial charge in [0, 0.05) is 53.9 Å². The van der Waals surface area contributed by atoms with Gasteiger partial charge >= 0.3 is 0 Å². The summed E-state index contributed by atoms with van der Waals surface area (Å²) >= 11 is 6.17. The van der Waals surface area contributed by atoms with Crippen LogP contribution >= 0.6 is 11.6 Å². The van der Waals surface area contributed by atoms with Crippen LogP contribution in [0.2, 0.25) is 5.02 Å². The van der Waals surface area contributed by atoms with Gasteiger partial charge in [0.1, 0.15) is 17.3 Å². The van der Waals surface area contributed by atoms with Gasteiger partial charge in [0.25, 0.3) is 0 Å². The number of hydrogen-bond acceptors (Lipinski definition) is 3. The third kappa shape index (κ3) is 5.29. The molecule has 2 heterocycles. The van der Waals surface area contributed by atoms with Gasteiger partial charge in [-0.25, -0.2) is 13.8 Å². The van der Waals surface area contributed by atoms with Crippen molar-refractivity contribution in [3.05, 3.63) is 112 Å². The molecule has 4 nitrogen and oxygen atoms in total. The van der Waals surface area contributed by atoms with Gasteiger partial charge in [-0.1, -0.05) is 35.9 Å². The molecule has 4 aromatic rings. The van der Waals surface area contributed by atoms with Crippen molar-refractivity contribution < 1.29 is 8.78 Å². The number of hydrogen-bond donors (Lipinski definition) is 1. The van der Waals surface area contributed by atoms with E-state index in [1.165, 1.54) is 12.1 Å². The molecule has 5 rings (SSSR count). The van der Waals surface area contributed by atoms with Gasteiger partial charge in [0.15, 0.2) is 0 Å². The molecule has 1 aliphatic rings. The first-order valence-corrected chi connectivity index (χ1v) is 12.6. The van der Waals surface area contributed by atoms with Crippen molar-refractivity contribution in [2.75, 3.05) is 6.54 Å². The normalized spacial score (nSPS) is 18.7. The van der Waals surface area contributed by atoms with Gasteiger partial charge in [0.05, 0.1) is 11.6 Å². The van der Waals surface area contributed by atoms with Crippen LogP contribution < -0.4 is 0 Å². The quantitative estimate of drug-likeness (QED) is 0.277. The monoisotopic (exact) mass is 516 g/mol. The van der Waals surface area contributed by atoms with Crippen molar-refractivity contribution in [1.29, 1.82) is 5.26 Å². The standard InChI is InChI=1S/C30H27ClF2N4/c1-30(2,33)27(22-13-23(15-25(32)14-22)29-35-10-11-36-29)26-18-37(17-20-5-3-4-19(12-20)16-34)28(26)21-6-8-24(31)9-7-21/h3-15,26-28H,17-18H2,1-2H3,(H,35,36)/t26-,27-,28-/m1/s1. The van der Waals surface area contributed by atoms with E-state index >= 15 is 4.39 Å². The van der Waals surface area contributed by atoms with Crippen LogP contribution in [0.1, 0.15) is 48.1 Å². The third-order valence-corrected chi connectivity index (χ3v) is 7.37. The molecule has 0 amide bonds. The molecule has 0 radical (unpaired) electrons. The van der Waals surface area contributed by atoms with Crippen molar-refractivity contribution in [1.82, 2.24) is 14.9 Å². The van der Waals surface area contributed by atoms with Crippen LogP contribution in [-0.4, -0.2) is 27.1 Å². The lowest BCUT2D eigenvalue weighted by atomic mass is 9.67. The Morgan fingerprint density at radius 3 is 2.62 bits per heavy atom. The molecule has 1 saturated heterocycles. The Labute approximate surface area is 220 Å². The van der Waals surface area contributed by atoms with Crippen LogP contribution in [0.4, 0.5) is 8.78 Å². The average Bonchev–Trinajstić information content (AvgIpc) is 3.39. The molecule has 3 atom stereocenters. The maximum absolute atomic E-state index is 16.0. The number of benzene rings is 3. The van der Waals surface area contributed by atoms with E-state index in [-0.39, 0.29) is 12.0 Å². The van der Waals surface area contributed by atoms with Crippen LogP contribution in [-0.2, 0) is 6.54 Å². The zero-order valence-electron chi connectivity index (χ0n) is 20.6. The van der Waals surface area contributed by atoms with Crippen LogP contribution in [0.5, 0.6) is 0 Å². The van der Waals surface area contributed by atoms with Crippen molar-refractivity contribution in [2.24, 2.45) is 5.92 Å². The second-order valence-electron chi connectivity index (χ2n) is 10.2. The summed E-state index contributed by atoms with van der Waals surface area (Å²) in [7, 11) is 0. The van der Waals surface area contributed by atoms with Crippen LogP contribution in [0.15, 0.2) is 79.1 Å². The van der Waals surface area contributed by atoms with Gasteiger partial charge in [-0.05, 0) is 73.0 Å². The zero-order valence-corrected chi connectivity index (χ0v) is 21.4. The van der Waals surface area contributed by atoms with E-state index in [1.807, 2.05) is 48.5 Å². The minimum Gasteiger partial charge on any atom is -0.345 e. The molecular formula is C30H27ClF2N4. The Hall–Kier alpha value is -3.53. The summed E-state index contributed by atoms with van der Waals surface area (Å²) in [5.41, 5.74) is 2.21. The first-order valence-electron chi connectivity index (χ1n) is 12.2. The van der Waals surface area contributed by atoms with Gasteiger partial charge in [-0.15, -0.1) is 0 Å². The van der Waals surface area contributed by atoms with Gasteiger partial charge < -0.3 is 4.98 Å². The summed E-state index contributed by atoms with van der Waals surface area (Å²) < 4.78 is 30.8. The van der Waals surface area contributed by atoms with Crippen molar-refractivity contribution in [3.63, 3.8) is 0 Å². The number of likely N-dealkylation sites (tertiary alicyclic amines) is 1. The molecule has 0 spiro atoms. The number of nitrogens with one attached hydrogen (secondary N) is 1. The van der Waals surface area contributed by atoms with Crippen LogP contribution in [0.3, 0.4) is 0 Å². The van der Waals surface area contributed by atoms with Gasteiger partial charge in [0.2, 0.25) is 0 Å². The molecule has 0 saturated carbocycles. The highest BCUT2D eigenvalue weighted by molar-refractivity contribution is 6.30. The van der Waals surface area contributed by atoms with E-state index in [0.717, 1.165) is 11.1 Å². The molecule has 1 N–H and O–H groups in total. The Morgan fingerprint density at radius 1 is 1.16 bits per heavy atom. The molecule has 0 aliphatic carbocycles. The summed E-state index contributed by atoms with van der Waals surface area (Å²) in [6.07, 6.45) is 3.29. The fourth-order valence-corrected chi connectivity index (χ4v) is 5.79. The van der Waals surface area contributed by atoms with Crippen molar-refractivity contribution >= 4 is 11.6 Å². The maximum Gasteiger partial charge on any atom is 0.137 e. The van der Waals surface area contributed by atoms with E-state index in [2.05, 4.69) is 20.9 Å². The fraction of sp³-hybridized carbons (Fsp3) is 0.267. The molecule has 0 bridgehead atoms. The van der Waals surface area contributed by atoms with Crippen molar-refractivity contribution in [2.45, 2.75) is 38.0 Å². The minimum absolute atomic E-state index is 0.113. The van der Waals surface area contributed by atoms with E-state index in [9.17, 15) is 9.65 Å².